The molecule has 5 rings (SSSR count). The molecule has 0 radical (unpaired) electrons. The van der Waals surface area contributed by atoms with E-state index in [1.54, 1.807) is 6.21 Å². The van der Waals surface area contributed by atoms with E-state index < -0.39 is 0 Å². The van der Waals surface area contributed by atoms with Crippen LogP contribution in [0.15, 0.2) is 88.4 Å². The second-order valence-corrected chi connectivity index (χ2v) is 12.5. The van der Waals surface area contributed by atoms with Crippen LogP contribution >= 0.6 is 39.5 Å². The fourth-order valence-electron chi connectivity index (χ4n) is 4.27. The van der Waals surface area contributed by atoms with Crippen molar-refractivity contribution in [2.24, 2.45) is 5.10 Å². The molecule has 0 bridgehead atoms. The number of ether oxygens (including phenoxy) is 3. The first-order chi connectivity index (χ1) is 19.6. The number of rotatable bonds is 11. The normalized spacial score (nSPS) is 13.6. The van der Waals surface area contributed by atoms with Gasteiger partial charge in [0.1, 0.15) is 12.4 Å². The van der Waals surface area contributed by atoms with Crippen LogP contribution in [0, 0.1) is 0 Å². The van der Waals surface area contributed by atoms with Crippen LogP contribution in [0.25, 0.3) is 10.8 Å². The van der Waals surface area contributed by atoms with Crippen molar-refractivity contribution in [3.8, 4) is 17.2 Å². The summed E-state index contributed by atoms with van der Waals surface area (Å²) in [5.41, 5.74) is 5.62. The third kappa shape index (κ3) is 7.33. The summed E-state index contributed by atoms with van der Waals surface area (Å²) in [4.78, 5) is 12.3. The Kier molecular flexibility index (Phi) is 9.91. The molecule has 1 fully saturated rings. The van der Waals surface area contributed by atoms with Gasteiger partial charge >= 0.3 is 0 Å². The summed E-state index contributed by atoms with van der Waals surface area (Å²) in [6.45, 7) is 2.66. The van der Waals surface area contributed by atoms with E-state index in [2.05, 4.69) is 62.9 Å². The van der Waals surface area contributed by atoms with Gasteiger partial charge in [-0.25, -0.2) is 5.43 Å². The lowest BCUT2D eigenvalue weighted by Crippen LogP contribution is -2.24. The van der Waals surface area contributed by atoms with E-state index in [1.807, 2.05) is 72.9 Å². The average Bonchev–Trinajstić information content (AvgIpc) is 3.51. The number of nitrogens with zero attached hydrogens (tertiary/aromatic N) is 1. The molecule has 0 aromatic heterocycles. The van der Waals surface area contributed by atoms with Crippen molar-refractivity contribution in [1.82, 2.24) is 5.43 Å². The molecule has 1 aliphatic heterocycles. The maximum Gasteiger partial charge on any atom is 0.277 e. The van der Waals surface area contributed by atoms with Crippen LogP contribution in [0.4, 0.5) is 0 Å². The number of amides is 1. The van der Waals surface area contributed by atoms with Crippen molar-refractivity contribution in [2.45, 2.75) is 18.1 Å². The first-order valence-electron chi connectivity index (χ1n) is 12.9. The lowest BCUT2D eigenvalue weighted by Gasteiger charge is -2.15. The summed E-state index contributed by atoms with van der Waals surface area (Å²) < 4.78 is 18.9. The minimum Gasteiger partial charge on any atom is -0.490 e. The molecule has 206 valence electrons. The van der Waals surface area contributed by atoms with Crippen LogP contribution in [-0.2, 0) is 11.4 Å². The zero-order valence-electron chi connectivity index (χ0n) is 22.0. The van der Waals surface area contributed by atoms with Gasteiger partial charge in [0.2, 0.25) is 0 Å². The molecule has 0 unspecified atom stereocenters. The topological polar surface area (TPSA) is 69.2 Å². The van der Waals surface area contributed by atoms with Crippen molar-refractivity contribution >= 4 is 62.3 Å². The maximum atomic E-state index is 12.3. The number of carbonyl (C=O) groups is 1. The number of hydrogen-bond donors (Lipinski definition) is 1. The predicted molar refractivity (Wildman–Crippen MR) is 169 cm³/mol. The molecule has 40 heavy (non-hydrogen) atoms. The number of halogens is 1. The highest BCUT2D eigenvalue weighted by Gasteiger charge is 2.18. The minimum atomic E-state index is -0.346. The Bertz CT molecular complexity index is 1490. The molecule has 0 atom stereocenters. The van der Waals surface area contributed by atoms with Crippen LogP contribution in [0.5, 0.6) is 17.2 Å². The highest BCUT2D eigenvalue weighted by Crippen LogP contribution is 2.45. The molecule has 0 aliphatic carbocycles. The molecule has 1 aliphatic rings. The number of hydrazone groups is 1. The van der Waals surface area contributed by atoms with Gasteiger partial charge in [0, 0.05) is 11.5 Å². The Labute approximate surface area is 251 Å². The molecule has 1 heterocycles. The van der Waals surface area contributed by atoms with Gasteiger partial charge in [-0.2, -0.15) is 5.10 Å². The van der Waals surface area contributed by atoms with E-state index in [9.17, 15) is 4.79 Å². The second-order valence-electron chi connectivity index (χ2n) is 8.91. The number of fused-ring (bicyclic) bond motifs is 1. The summed E-state index contributed by atoms with van der Waals surface area (Å²) in [5.74, 6) is 3.87. The lowest BCUT2D eigenvalue weighted by atomic mass is 10.1. The Hall–Kier alpha value is -3.14. The van der Waals surface area contributed by atoms with E-state index in [0.29, 0.717) is 35.0 Å². The smallest absolute Gasteiger partial charge is 0.277 e. The molecule has 9 heteroatoms. The van der Waals surface area contributed by atoms with E-state index in [0.717, 1.165) is 21.0 Å². The van der Waals surface area contributed by atoms with Gasteiger partial charge in [-0.1, -0.05) is 54.6 Å². The zero-order valence-corrected chi connectivity index (χ0v) is 25.2. The molecule has 4 aromatic rings. The summed E-state index contributed by atoms with van der Waals surface area (Å²) in [6.07, 6.45) is 1.56. The van der Waals surface area contributed by atoms with Gasteiger partial charge < -0.3 is 14.2 Å². The van der Waals surface area contributed by atoms with Crippen LogP contribution < -0.4 is 19.6 Å². The number of hydrogen-bond acceptors (Lipinski definition) is 7. The predicted octanol–water partition coefficient (Wildman–Crippen LogP) is 7.59. The Morgan fingerprint density at radius 2 is 1.77 bits per heavy atom. The van der Waals surface area contributed by atoms with Crippen molar-refractivity contribution < 1.29 is 19.0 Å². The summed E-state index contributed by atoms with van der Waals surface area (Å²) in [7, 11) is 0. The minimum absolute atomic E-state index is 0.127. The summed E-state index contributed by atoms with van der Waals surface area (Å²) >= 11 is 7.53. The molecule has 1 amide bonds. The molecular weight excluding hydrogens is 608 g/mol. The highest BCUT2D eigenvalue weighted by atomic mass is 79.9. The number of benzene rings is 4. The molecule has 0 saturated carbocycles. The molecule has 4 aromatic carbocycles. The maximum absolute atomic E-state index is 12.3. The Balaban J connectivity index is 1.17. The highest BCUT2D eigenvalue weighted by molar-refractivity contribution is 9.10. The standard InChI is InChI=1S/C31H29BrN2O4S2/c1-2-36-28-17-21(16-27(32)30(28)38-19-24-8-5-7-22-6-3-4-9-26(22)24)18-33-34-29(35)20-37-25-12-10-23(11-13-25)31-39-14-15-40-31/h3-13,16-18,31H,2,14-15,19-20H2,1H3,(H,34,35)/b33-18-. The van der Waals surface area contributed by atoms with E-state index in [4.69, 9.17) is 14.2 Å². The molecule has 0 spiro atoms. The summed E-state index contributed by atoms with van der Waals surface area (Å²) in [5, 5.41) is 6.42. The monoisotopic (exact) mass is 636 g/mol. The van der Waals surface area contributed by atoms with Gasteiger partial charge in [-0.15, -0.1) is 23.5 Å². The molecule has 1 saturated heterocycles. The van der Waals surface area contributed by atoms with Gasteiger partial charge in [-0.05, 0) is 74.6 Å². The zero-order chi connectivity index (χ0) is 27.7. The molecular formula is C31H29BrN2O4S2. The number of nitrogens with one attached hydrogen (secondary N) is 1. The second kappa shape index (κ2) is 14.0. The van der Waals surface area contributed by atoms with Crippen molar-refractivity contribution in [2.75, 3.05) is 24.7 Å². The van der Waals surface area contributed by atoms with E-state index >= 15 is 0 Å². The fraction of sp³-hybridized carbons (Fsp3) is 0.226. The van der Waals surface area contributed by atoms with Crippen LogP contribution in [0.3, 0.4) is 0 Å². The Morgan fingerprint density at radius 3 is 2.58 bits per heavy atom. The van der Waals surface area contributed by atoms with Gasteiger partial charge in [0.05, 0.1) is 21.9 Å². The third-order valence-electron chi connectivity index (χ3n) is 6.13. The largest absolute Gasteiger partial charge is 0.490 e. The van der Waals surface area contributed by atoms with Crippen molar-refractivity contribution in [1.29, 1.82) is 0 Å². The third-order valence-corrected chi connectivity index (χ3v) is 9.82. The number of thioether (sulfide) groups is 2. The van der Waals surface area contributed by atoms with Crippen LogP contribution in [-0.4, -0.2) is 36.8 Å². The van der Waals surface area contributed by atoms with E-state index in [1.165, 1.54) is 22.5 Å². The van der Waals surface area contributed by atoms with Crippen molar-refractivity contribution in [3.05, 3.63) is 100 Å². The van der Waals surface area contributed by atoms with Crippen LogP contribution in [0.1, 0.15) is 28.2 Å². The van der Waals surface area contributed by atoms with Crippen molar-refractivity contribution in [3.63, 3.8) is 0 Å². The van der Waals surface area contributed by atoms with Gasteiger partial charge in [-0.3, -0.25) is 4.79 Å². The average molecular weight is 638 g/mol. The number of carbonyl (C=O) groups excluding carboxylic acids is 1. The fourth-order valence-corrected chi connectivity index (χ4v) is 7.70. The van der Waals surface area contributed by atoms with Gasteiger partial charge in [0.25, 0.3) is 5.91 Å². The quantitative estimate of drug-likeness (QED) is 0.135. The molecule has 6 nitrogen and oxygen atoms in total. The molecule has 1 N–H and O–H groups in total. The Morgan fingerprint density at radius 1 is 1.00 bits per heavy atom. The SMILES string of the molecule is CCOc1cc(/C=N\NC(=O)COc2ccc(C3SCCS3)cc2)cc(Br)c1OCc1cccc2ccccc12. The van der Waals surface area contributed by atoms with E-state index in [-0.39, 0.29) is 12.5 Å². The first kappa shape index (κ1) is 28.4. The van der Waals surface area contributed by atoms with Gasteiger partial charge in [0.15, 0.2) is 18.1 Å². The summed E-state index contributed by atoms with van der Waals surface area (Å²) in [6, 6.07) is 26.1. The first-order valence-corrected chi connectivity index (χ1v) is 15.8. The van der Waals surface area contributed by atoms with Crippen LogP contribution in [0.2, 0.25) is 0 Å². The lowest BCUT2D eigenvalue weighted by molar-refractivity contribution is -0.123.